The smallest absolute Gasteiger partial charge is 0.301 e. The average molecular weight is 287 g/mol. The minimum Gasteiger partial charge on any atom is -0.593 e. The SMILES string of the molecule is CCCCNc1c(OC)cc([S+](N)[O-])cc1[N+](=O)[O-]. The molecule has 0 amide bonds. The number of ether oxygens (including phenoxy) is 1. The van der Waals surface area contributed by atoms with E-state index in [4.69, 9.17) is 9.88 Å². The number of methoxy groups -OCH3 is 1. The molecule has 1 unspecified atom stereocenters. The second-order valence-electron chi connectivity index (χ2n) is 3.85. The van der Waals surface area contributed by atoms with Crippen LogP contribution in [0.4, 0.5) is 11.4 Å². The lowest BCUT2D eigenvalue weighted by Crippen LogP contribution is -2.14. The molecule has 1 rings (SSSR count). The number of nitrogens with zero attached hydrogens (tertiary/aromatic N) is 1. The number of benzene rings is 1. The van der Waals surface area contributed by atoms with Gasteiger partial charge in [0.15, 0.2) is 16.3 Å². The number of hydrogen-bond acceptors (Lipinski definition) is 6. The Hall–Kier alpha value is -1.51. The fourth-order valence-electron chi connectivity index (χ4n) is 1.57. The molecule has 106 valence electrons. The summed E-state index contributed by atoms with van der Waals surface area (Å²) in [6.07, 6.45) is 1.85. The van der Waals surface area contributed by atoms with Crippen LogP contribution in [0, 0.1) is 10.1 Å². The van der Waals surface area contributed by atoms with Crippen molar-refractivity contribution in [1.29, 1.82) is 0 Å². The Balaban J connectivity index is 3.20. The van der Waals surface area contributed by atoms with Crippen LogP contribution in [-0.4, -0.2) is 23.1 Å². The third-order valence-corrected chi connectivity index (χ3v) is 3.24. The molecule has 0 saturated carbocycles. The van der Waals surface area contributed by atoms with E-state index < -0.39 is 16.3 Å². The van der Waals surface area contributed by atoms with Gasteiger partial charge in [-0.1, -0.05) is 13.3 Å². The fraction of sp³-hybridized carbons (Fsp3) is 0.455. The first-order valence-corrected chi connectivity index (χ1v) is 6.99. The number of rotatable bonds is 7. The molecule has 0 aliphatic carbocycles. The van der Waals surface area contributed by atoms with Crippen LogP contribution in [0.5, 0.6) is 5.75 Å². The molecule has 0 radical (unpaired) electrons. The second kappa shape index (κ2) is 7.17. The Morgan fingerprint density at radius 2 is 2.21 bits per heavy atom. The van der Waals surface area contributed by atoms with Crippen molar-refractivity contribution in [2.75, 3.05) is 19.0 Å². The van der Waals surface area contributed by atoms with E-state index in [2.05, 4.69) is 5.32 Å². The van der Waals surface area contributed by atoms with Crippen LogP contribution in [0.3, 0.4) is 0 Å². The van der Waals surface area contributed by atoms with Crippen LogP contribution in [0.1, 0.15) is 19.8 Å². The van der Waals surface area contributed by atoms with Gasteiger partial charge in [0.1, 0.15) is 0 Å². The molecule has 7 nitrogen and oxygen atoms in total. The number of nitro benzene ring substituents is 1. The Bertz CT molecular complexity index is 454. The van der Waals surface area contributed by atoms with Crippen LogP contribution in [0.2, 0.25) is 0 Å². The third kappa shape index (κ3) is 3.98. The quantitative estimate of drug-likeness (QED) is 0.342. The van der Waals surface area contributed by atoms with Crippen LogP contribution in [-0.2, 0) is 11.4 Å². The van der Waals surface area contributed by atoms with Gasteiger partial charge in [0.05, 0.1) is 29.5 Å². The minimum atomic E-state index is -1.80. The van der Waals surface area contributed by atoms with Crippen molar-refractivity contribution in [3.8, 4) is 5.75 Å². The first-order chi connectivity index (χ1) is 9.01. The Morgan fingerprint density at radius 3 is 2.68 bits per heavy atom. The topological polar surface area (TPSA) is 113 Å². The Labute approximate surface area is 114 Å². The summed E-state index contributed by atoms with van der Waals surface area (Å²) in [5.74, 6) is 0.263. The zero-order chi connectivity index (χ0) is 14.4. The molecule has 8 heteroatoms. The summed E-state index contributed by atoms with van der Waals surface area (Å²) in [5, 5.41) is 19.3. The highest BCUT2D eigenvalue weighted by Crippen LogP contribution is 2.36. The summed E-state index contributed by atoms with van der Waals surface area (Å²) < 4.78 is 16.4. The number of nitrogens with two attached hydrogens (primary N) is 1. The molecule has 0 aliphatic heterocycles. The van der Waals surface area contributed by atoms with Crippen molar-refractivity contribution in [2.24, 2.45) is 5.14 Å². The lowest BCUT2D eigenvalue weighted by molar-refractivity contribution is -0.384. The lowest BCUT2D eigenvalue weighted by atomic mass is 10.2. The zero-order valence-electron chi connectivity index (χ0n) is 10.8. The number of anilines is 1. The van der Waals surface area contributed by atoms with Crippen molar-refractivity contribution in [1.82, 2.24) is 0 Å². The summed E-state index contributed by atoms with van der Waals surface area (Å²) in [5.41, 5.74) is 0.0967. The van der Waals surface area contributed by atoms with Gasteiger partial charge < -0.3 is 14.6 Å². The van der Waals surface area contributed by atoms with Gasteiger partial charge in [0, 0.05) is 12.6 Å². The van der Waals surface area contributed by atoms with E-state index >= 15 is 0 Å². The van der Waals surface area contributed by atoms with E-state index in [1.165, 1.54) is 19.2 Å². The van der Waals surface area contributed by atoms with Gasteiger partial charge in [-0.2, -0.15) is 0 Å². The van der Waals surface area contributed by atoms with E-state index in [9.17, 15) is 14.7 Å². The van der Waals surface area contributed by atoms with Gasteiger partial charge in [-0.3, -0.25) is 10.1 Å². The lowest BCUT2D eigenvalue weighted by Gasteiger charge is -2.12. The highest BCUT2D eigenvalue weighted by atomic mass is 32.2. The molecule has 1 atom stereocenters. The van der Waals surface area contributed by atoms with Gasteiger partial charge in [-0.15, -0.1) is 5.14 Å². The highest BCUT2D eigenvalue weighted by Gasteiger charge is 2.24. The van der Waals surface area contributed by atoms with E-state index in [-0.39, 0.29) is 22.0 Å². The minimum absolute atomic E-state index is 0.157. The third-order valence-electron chi connectivity index (χ3n) is 2.54. The molecule has 0 bridgehead atoms. The van der Waals surface area contributed by atoms with Crippen molar-refractivity contribution in [2.45, 2.75) is 24.7 Å². The molecule has 0 aromatic heterocycles. The van der Waals surface area contributed by atoms with Crippen LogP contribution in [0.15, 0.2) is 17.0 Å². The van der Waals surface area contributed by atoms with Crippen LogP contribution >= 0.6 is 0 Å². The molecular weight excluding hydrogens is 270 g/mol. The van der Waals surface area contributed by atoms with Gasteiger partial charge in [-0.25, -0.2) is 0 Å². The maximum atomic E-state index is 11.3. The molecule has 0 heterocycles. The zero-order valence-corrected chi connectivity index (χ0v) is 11.7. The van der Waals surface area contributed by atoms with Crippen molar-refractivity contribution in [3.63, 3.8) is 0 Å². The molecule has 0 aliphatic rings. The molecule has 1 aromatic rings. The van der Waals surface area contributed by atoms with Crippen molar-refractivity contribution >= 4 is 22.7 Å². The largest absolute Gasteiger partial charge is 0.593 e. The van der Waals surface area contributed by atoms with Gasteiger partial charge in [0.25, 0.3) is 0 Å². The Morgan fingerprint density at radius 1 is 1.53 bits per heavy atom. The first kappa shape index (κ1) is 15.5. The molecule has 19 heavy (non-hydrogen) atoms. The predicted octanol–water partition coefficient (Wildman–Crippen LogP) is 1.80. The summed E-state index contributed by atoms with van der Waals surface area (Å²) in [4.78, 5) is 10.7. The van der Waals surface area contributed by atoms with Gasteiger partial charge in [0.2, 0.25) is 0 Å². The standard InChI is InChI=1S/C11H17N3O4S/c1-3-4-5-13-11-9(14(15)16)6-8(19(12)17)7-10(11)18-2/h6-7,13H,3-5,12H2,1-2H3. The summed E-state index contributed by atoms with van der Waals surface area (Å²) >= 11 is -1.80. The average Bonchev–Trinajstić information content (AvgIpc) is 2.38. The number of nitrogens with one attached hydrogen (secondary N) is 1. The molecule has 3 N–H and O–H groups in total. The van der Waals surface area contributed by atoms with E-state index in [0.29, 0.717) is 6.54 Å². The van der Waals surface area contributed by atoms with Gasteiger partial charge >= 0.3 is 5.69 Å². The normalized spacial score (nSPS) is 12.0. The van der Waals surface area contributed by atoms with Crippen molar-refractivity contribution < 1.29 is 14.2 Å². The van der Waals surface area contributed by atoms with Gasteiger partial charge in [-0.05, 0) is 6.42 Å². The highest BCUT2D eigenvalue weighted by molar-refractivity contribution is 7.89. The maximum absolute atomic E-state index is 11.3. The van der Waals surface area contributed by atoms with Crippen LogP contribution in [0.25, 0.3) is 0 Å². The van der Waals surface area contributed by atoms with E-state index in [1.807, 2.05) is 6.92 Å². The van der Waals surface area contributed by atoms with Crippen LogP contribution < -0.4 is 15.2 Å². The maximum Gasteiger partial charge on any atom is 0.301 e. The van der Waals surface area contributed by atoms with E-state index in [1.54, 1.807) is 0 Å². The molecular formula is C11H17N3O4S. The first-order valence-electron chi connectivity index (χ1n) is 5.77. The second-order valence-corrected chi connectivity index (χ2v) is 4.92. The monoisotopic (exact) mass is 287 g/mol. The van der Waals surface area contributed by atoms with E-state index in [0.717, 1.165) is 12.8 Å². The summed E-state index contributed by atoms with van der Waals surface area (Å²) in [7, 11) is 1.40. The molecule has 0 spiro atoms. The van der Waals surface area contributed by atoms with Crippen molar-refractivity contribution in [3.05, 3.63) is 22.2 Å². The Kier molecular flexibility index (Phi) is 5.87. The number of nitro groups is 1. The predicted molar refractivity (Wildman–Crippen MR) is 73.6 cm³/mol. The molecule has 0 saturated heterocycles. The number of hydrogen-bond donors (Lipinski definition) is 2. The fourth-order valence-corrected chi connectivity index (χ4v) is 2.02. The molecule has 0 fully saturated rings. The number of unbranched alkanes of at least 4 members (excludes halogenated alkanes) is 1. The summed E-state index contributed by atoms with van der Waals surface area (Å²) in [6, 6.07) is 2.64. The summed E-state index contributed by atoms with van der Waals surface area (Å²) in [6.45, 7) is 2.62. The molecule has 1 aromatic carbocycles.